The van der Waals surface area contributed by atoms with E-state index in [-0.39, 0.29) is 6.04 Å². The summed E-state index contributed by atoms with van der Waals surface area (Å²) in [5.74, 6) is 3.28. The molecule has 1 N–H and O–H groups in total. The maximum absolute atomic E-state index is 5.33. The van der Waals surface area contributed by atoms with Gasteiger partial charge in [0.1, 0.15) is 0 Å². The summed E-state index contributed by atoms with van der Waals surface area (Å²) in [5, 5.41) is 3.23. The Balaban J connectivity index is 2.83. The summed E-state index contributed by atoms with van der Waals surface area (Å²) in [4.78, 5) is 0. The van der Waals surface area contributed by atoms with Crippen LogP contribution in [0.2, 0.25) is 0 Å². The molecule has 0 spiro atoms. The monoisotopic (exact) mass is 201 g/mol. The fraction of sp³-hybridized carbons (Fsp3) is 0.429. The molecular weight excluding hydrogens is 182 g/mol. The molecule has 0 heterocycles. The smallest absolute Gasteiger partial charge is 0.0428 e. The zero-order chi connectivity index (χ0) is 11.3. The Kier molecular flexibility index (Phi) is 4.39. The van der Waals surface area contributed by atoms with Crippen LogP contribution in [-0.2, 0) is 0 Å². The minimum absolute atomic E-state index is 0.274. The predicted octanol–water partition coefficient (Wildman–Crippen LogP) is 3.09. The average Bonchev–Trinajstić information content (AvgIpc) is 2.26. The molecule has 0 aromatic heterocycles. The van der Waals surface area contributed by atoms with Crippen molar-refractivity contribution in [1.29, 1.82) is 0 Å². The Hall–Kier alpha value is -1.26. The van der Waals surface area contributed by atoms with Crippen LogP contribution in [0.25, 0.3) is 0 Å². The maximum atomic E-state index is 5.33. The van der Waals surface area contributed by atoms with E-state index in [1.807, 2.05) is 7.05 Å². The van der Waals surface area contributed by atoms with Crippen molar-refractivity contribution in [3.63, 3.8) is 0 Å². The van der Waals surface area contributed by atoms with Gasteiger partial charge in [0.2, 0.25) is 0 Å². The molecule has 1 atom stereocenters. The van der Waals surface area contributed by atoms with Gasteiger partial charge in [0.15, 0.2) is 0 Å². The SMILES string of the molecule is C#CCC(NC)c1ccc(C(C)C)cc1. The second kappa shape index (κ2) is 5.58. The molecule has 1 aromatic carbocycles. The summed E-state index contributed by atoms with van der Waals surface area (Å²) in [6, 6.07) is 8.96. The van der Waals surface area contributed by atoms with Crippen LogP contribution in [0.15, 0.2) is 24.3 Å². The van der Waals surface area contributed by atoms with E-state index in [2.05, 4.69) is 49.4 Å². The first kappa shape index (κ1) is 11.8. The Labute approximate surface area is 92.9 Å². The zero-order valence-electron chi connectivity index (χ0n) is 9.75. The van der Waals surface area contributed by atoms with Gasteiger partial charge < -0.3 is 5.32 Å². The molecule has 0 aliphatic carbocycles. The summed E-state index contributed by atoms with van der Waals surface area (Å²) >= 11 is 0. The first-order chi connectivity index (χ1) is 7.19. The average molecular weight is 201 g/mol. The third kappa shape index (κ3) is 3.11. The summed E-state index contributed by atoms with van der Waals surface area (Å²) in [6.45, 7) is 4.40. The summed E-state index contributed by atoms with van der Waals surface area (Å²) in [7, 11) is 1.94. The minimum Gasteiger partial charge on any atom is -0.312 e. The minimum atomic E-state index is 0.274. The maximum Gasteiger partial charge on any atom is 0.0428 e. The van der Waals surface area contributed by atoms with E-state index in [1.165, 1.54) is 11.1 Å². The fourth-order valence-corrected chi connectivity index (χ4v) is 1.62. The van der Waals surface area contributed by atoms with E-state index >= 15 is 0 Å². The topological polar surface area (TPSA) is 12.0 Å². The molecule has 0 saturated heterocycles. The standard InChI is InChI=1S/C14H19N/c1-5-6-14(15-4)13-9-7-12(8-10-13)11(2)3/h1,7-11,14-15H,6H2,2-4H3. The largest absolute Gasteiger partial charge is 0.312 e. The molecule has 80 valence electrons. The van der Waals surface area contributed by atoms with E-state index in [0.717, 1.165) is 6.42 Å². The number of nitrogens with one attached hydrogen (secondary N) is 1. The van der Waals surface area contributed by atoms with E-state index in [0.29, 0.717) is 5.92 Å². The van der Waals surface area contributed by atoms with Crippen molar-refractivity contribution in [1.82, 2.24) is 5.32 Å². The van der Waals surface area contributed by atoms with E-state index in [9.17, 15) is 0 Å². The molecular formula is C14H19N. The number of terminal acetylenes is 1. The van der Waals surface area contributed by atoms with Gasteiger partial charge in [-0.25, -0.2) is 0 Å². The summed E-state index contributed by atoms with van der Waals surface area (Å²) in [5.41, 5.74) is 2.63. The lowest BCUT2D eigenvalue weighted by Crippen LogP contribution is -2.15. The number of benzene rings is 1. The first-order valence-corrected chi connectivity index (χ1v) is 5.39. The molecule has 1 heteroatoms. The van der Waals surface area contributed by atoms with Crippen molar-refractivity contribution >= 4 is 0 Å². The molecule has 15 heavy (non-hydrogen) atoms. The lowest BCUT2D eigenvalue weighted by atomic mass is 9.98. The molecule has 0 amide bonds. The van der Waals surface area contributed by atoms with Gasteiger partial charge in [0, 0.05) is 12.5 Å². The molecule has 0 radical (unpaired) electrons. The van der Waals surface area contributed by atoms with Crippen molar-refractivity contribution in [2.24, 2.45) is 0 Å². The van der Waals surface area contributed by atoms with Crippen molar-refractivity contribution in [3.05, 3.63) is 35.4 Å². The van der Waals surface area contributed by atoms with Gasteiger partial charge in [-0.2, -0.15) is 0 Å². The molecule has 1 rings (SSSR count). The first-order valence-electron chi connectivity index (χ1n) is 5.39. The molecule has 1 aromatic rings. The van der Waals surface area contributed by atoms with E-state index < -0.39 is 0 Å². The van der Waals surface area contributed by atoms with Gasteiger partial charge in [-0.05, 0) is 24.1 Å². The van der Waals surface area contributed by atoms with Crippen LogP contribution in [0.1, 0.15) is 43.4 Å². The number of hydrogen-bond acceptors (Lipinski definition) is 1. The van der Waals surface area contributed by atoms with Crippen LogP contribution < -0.4 is 5.32 Å². The molecule has 1 unspecified atom stereocenters. The van der Waals surface area contributed by atoms with Crippen LogP contribution in [0.3, 0.4) is 0 Å². The lowest BCUT2D eigenvalue weighted by Gasteiger charge is -2.14. The fourth-order valence-electron chi connectivity index (χ4n) is 1.62. The zero-order valence-corrected chi connectivity index (χ0v) is 9.75. The van der Waals surface area contributed by atoms with Crippen LogP contribution in [0.5, 0.6) is 0 Å². The van der Waals surface area contributed by atoms with Gasteiger partial charge in [0.25, 0.3) is 0 Å². The van der Waals surface area contributed by atoms with Crippen molar-refractivity contribution in [2.75, 3.05) is 7.05 Å². The van der Waals surface area contributed by atoms with Crippen LogP contribution in [0.4, 0.5) is 0 Å². The molecule has 0 aliphatic rings. The third-order valence-electron chi connectivity index (χ3n) is 2.68. The molecule has 0 saturated carbocycles. The van der Waals surface area contributed by atoms with Gasteiger partial charge in [-0.15, -0.1) is 12.3 Å². The van der Waals surface area contributed by atoms with E-state index in [4.69, 9.17) is 6.42 Å². The second-order valence-electron chi connectivity index (χ2n) is 4.07. The highest BCUT2D eigenvalue weighted by Gasteiger charge is 2.07. The molecule has 0 bridgehead atoms. The van der Waals surface area contributed by atoms with Gasteiger partial charge in [-0.1, -0.05) is 38.1 Å². The Morgan fingerprint density at radius 3 is 2.13 bits per heavy atom. The Morgan fingerprint density at radius 1 is 1.20 bits per heavy atom. The van der Waals surface area contributed by atoms with Crippen molar-refractivity contribution in [2.45, 2.75) is 32.2 Å². The lowest BCUT2D eigenvalue weighted by molar-refractivity contribution is 0.611. The Morgan fingerprint density at radius 2 is 1.73 bits per heavy atom. The summed E-state index contributed by atoms with van der Waals surface area (Å²) in [6.07, 6.45) is 6.06. The Bertz CT molecular complexity index is 329. The van der Waals surface area contributed by atoms with Crippen molar-refractivity contribution < 1.29 is 0 Å². The van der Waals surface area contributed by atoms with Gasteiger partial charge in [0.05, 0.1) is 0 Å². The third-order valence-corrected chi connectivity index (χ3v) is 2.68. The highest BCUT2D eigenvalue weighted by Crippen LogP contribution is 2.20. The predicted molar refractivity (Wildman–Crippen MR) is 65.8 cm³/mol. The molecule has 0 aliphatic heterocycles. The van der Waals surface area contributed by atoms with Crippen molar-refractivity contribution in [3.8, 4) is 12.3 Å². The highest BCUT2D eigenvalue weighted by atomic mass is 14.9. The van der Waals surface area contributed by atoms with E-state index in [1.54, 1.807) is 0 Å². The highest BCUT2D eigenvalue weighted by molar-refractivity contribution is 5.27. The molecule has 0 fully saturated rings. The second-order valence-corrected chi connectivity index (χ2v) is 4.07. The number of rotatable bonds is 4. The van der Waals surface area contributed by atoms with Crippen LogP contribution >= 0.6 is 0 Å². The van der Waals surface area contributed by atoms with Crippen LogP contribution in [0, 0.1) is 12.3 Å². The van der Waals surface area contributed by atoms with Crippen LogP contribution in [-0.4, -0.2) is 7.05 Å². The normalized spacial score (nSPS) is 12.5. The molecule has 1 nitrogen and oxygen atoms in total. The number of hydrogen-bond donors (Lipinski definition) is 1. The van der Waals surface area contributed by atoms with Gasteiger partial charge >= 0.3 is 0 Å². The quantitative estimate of drug-likeness (QED) is 0.738. The summed E-state index contributed by atoms with van der Waals surface area (Å²) < 4.78 is 0. The van der Waals surface area contributed by atoms with Gasteiger partial charge in [-0.3, -0.25) is 0 Å².